The zero-order chi connectivity index (χ0) is 20.0. The molecule has 0 saturated heterocycles. The summed E-state index contributed by atoms with van der Waals surface area (Å²) in [7, 11) is -3.24. The van der Waals surface area contributed by atoms with Gasteiger partial charge in [-0.15, -0.1) is 0 Å². The quantitative estimate of drug-likeness (QED) is 0.425. The molecule has 3 unspecified atom stereocenters. The summed E-state index contributed by atoms with van der Waals surface area (Å²) >= 11 is 0. The van der Waals surface area contributed by atoms with E-state index in [1.165, 1.54) is 0 Å². The Kier molecular flexibility index (Phi) is 8.36. The highest BCUT2D eigenvalue weighted by Crippen LogP contribution is 2.49. The monoisotopic (exact) mass is 384 g/mol. The number of hydrogen-bond donors (Lipinski definition) is 0. The van der Waals surface area contributed by atoms with Crippen LogP contribution in [0.1, 0.15) is 48.5 Å². The number of hydrogen-bond acceptors (Lipinski definition) is 5. The first-order valence-electron chi connectivity index (χ1n) is 9.08. The molecule has 0 aliphatic heterocycles. The fraction of sp³-hybridized carbons (Fsp3) is 0.650. The van der Waals surface area contributed by atoms with E-state index in [-0.39, 0.29) is 36.1 Å². The molecule has 0 aliphatic rings. The van der Waals surface area contributed by atoms with E-state index < -0.39 is 13.3 Å². The summed E-state index contributed by atoms with van der Waals surface area (Å²) in [5.41, 5.74) is -0.0836. The molecule has 0 aromatic heterocycles. The van der Waals surface area contributed by atoms with Crippen LogP contribution < -0.4 is 4.52 Å². The van der Waals surface area contributed by atoms with Gasteiger partial charge in [-0.3, -0.25) is 9.36 Å². The Bertz CT molecular complexity index is 606. The van der Waals surface area contributed by atoms with E-state index in [1.807, 2.05) is 25.1 Å². The summed E-state index contributed by atoms with van der Waals surface area (Å²) in [6, 6.07) is 8.98. The molecule has 0 fully saturated rings. The molecule has 1 aromatic rings. The molecule has 1 rings (SSSR count). The molecular formula is C20H33O5P. The number of benzene rings is 1. The minimum absolute atomic E-state index is 0.0420. The SMILES string of the molecule is CC(C)OC(=O)C(C)CP(=O)(COC(C)C(C)(C)C)Oc1ccccc1. The van der Waals surface area contributed by atoms with Crippen LogP contribution in [-0.4, -0.2) is 30.7 Å². The number of esters is 1. The summed E-state index contributed by atoms with van der Waals surface area (Å²) < 4.78 is 30.4. The van der Waals surface area contributed by atoms with Gasteiger partial charge < -0.3 is 14.0 Å². The Balaban J connectivity index is 2.90. The van der Waals surface area contributed by atoms with E-state index >= 15 is 0 Å². The third-order valence-electron chi connectivity index (χ3n) is 4.06. The number of carbonyl (C=O) groups excluding carboxylic acids is 1. The van der Waals surface area contributed by atoms with Gasteiger partial charge in [0.25, 0.3) is 7.37 Å². The van der Waals surface area contributed by atoms with E-state index in [1.54, 1.807) is 32.9 Å². The molecule has 1 aromatic carbocycles. The van der Waals surface area contributed by atoms with Gasteiger partial charge in [-0.1, -0.05) is 45.9 Å². The lowest BCUT2D eigenvalue weighted by atomic mass is 9.90. The zero-order valence-electron chi connectivity index (χ0n) is 17.0. The normalized spacial score (nSPS) is 16.6. The maximum Gasteiger partial charge on any atom is 0.309 e. The van der Waals surface area contributed by atoms with Gasteiger partial charge >= 0.3 is 5.97 Å². The maximum atomic E-state index is 13.5. The third-order valence-corrected chi connectivity index (χ3v) is 6.25. The van der Waals surface area contributed by atoms with Crippen molar-refractivity contribution in [3.8, 4) is 5.75 Å². The van der Waals surface area contributed by atoms with Crippen molar-refractivity contribution in [1.82, 2.24) is 0 Å². The topological polar surface area (TPSA) is 61.8 Å². The van der Waals surface area contributed by atoms with E-state index in [9.17, 15) is 9.36 Å². The van der Waals surface area contributed by atoms with Crippen LogP contribution >= 0.6 is 7.37 Å². The fourth-order valence-electron chi connectivity index (χ4n) is 2.11. The lowest BCUT2D eigenvalue weighted by Gasteiger charge is -2.30. The van der Waals surface area contributed by atoms with E-state index in [2.05, 4.69) is 20.8 Å². The van der Waals surface area contributed by atoms with Crippen LogP contribution in [0.4, 0.5) is 0 Å². The largest absolute Gasteiger partial charge is 0.463 e. The summed E-state index contributed by atoms with van der Waals surface area (Å²) in [5, 5.41) is 0. The third kappa shape index (κ3) is 7.92. The van der Waals surface area contributed by atoms with Crippen molar-refractivity contribution in [2.75, 3.05) is 12.5 Å². The van der Waals surface area contributed by atoms with Crippen molar-refractivity contribution in [2.24, 2.45) is 11.3 Å². The van der Waals surface area contributed by atoms with Gasteiger partial charge in [-0.05, 0) is 38.3 Å². The predicted octanol–water partition coefficient (Wildman–Crippen LogP) is 5.34. The maximum absolute atomic E-state index is 13.5. The van der Waals surface area contributed by atoms with Crippen LogP contribution in [0.25, 0.3) is 0 Å². The predicted molar refractivity (Wildman–Crippen MR) is 105 cm³/mol. The number of ether oxygens (including phenoxy) is 2. The van der Waals surface area contributed by atoms with Crippen LogP contribution in [0.3, 0.4) is 0 Å². The Labute approximate surface area is 157 Å². The van der Waals surface area contributed by atoms with E-state index in [4.69, 9.17) is 14.0 Å². The van der Waals surface area contributed by atoms with Crippen LogP contribution in [-0.2, 0) is 18.8 Å². The van der Waals surface area contributed by atoms with Crippen molar-refractivity contribution in [1.29, 1.82) is 0 Å². The minimum Gasteiger partial charge on any atom is -0.463 e. The van der Waals surface area contributed by atoms with Crippen LogP contribution in [0.2, 0.25) is 0 Å². The standard InChI is InChI=1S/C20H33O5P/c1-15(2)24-19(21)16(3)13-26(22,14-23-17(4)20(5,6)7)25-18-11-9-8-10-12-18/h8-12,15-17H,13-14H2,1-7H3. The van der Waals surface area contributed by atoms with Gasteiger partial charge in [-0.2, -0.15) is 0 Å². The first kappa shape index (κ1) is 22.7. The first-order valence-corrected chi connectivity index (χ1v) is 11.1. The molecule has 0 spiro atoms. The summed E-state index contributed by atoms with van der Waals surface area (Å²) in [6.45, 7) is 13.4. The van der Waals surface area contributed by atoms with Crippen molar-refractivity contribution in [2.45, 2.75) is 60.7 Å². The molecule has 3 atom stereocenters. The first-order chi connectivity index (χ1) is 11.9. The van der Waals surface area contributed by atoms with Gasteiger partial charge in [0.15, 0.2) is 0 Å². The second-order valence-electron chi connectivity index (χ2n) is 8.09. The molecule has 0 amide bonds. The highest BCUT2D eigenvalue weighted by molar-refractivity contribution is 7.59. The Morgan fingerprint density at radius 1 is 1.08 bits per heavy atom. The average molecular weight is 384 g/mol. The molecule has 0 bridgehead atoms. The lowest BCUT2D eigenvalue weighted by Crippen LogP contribution is -2.28. The van der Waals surface area contributed by atoms with Gasteiger partial charge in [-0.25, -0.2) is 0 Å². The fourth-order valence-corrected chi connectivity index (χ4v) is 4.28. The van der Waals surface area contributed by atoms with Crippen LogP contribution in [0, 0.1) is 11.3 Å². The van der Waals surface area contributed by atoms with Crippen LogP contribution in [0.15, 0.2) is 30.3 Å². The Morgan fingerprint density at radius 2 is 1.65 bits per heavy atom. The van der Waals surface area contributed by atoms with Crippen molar-refractivity contribution >= 4 is 13.3 Å². The minimum atomic E-state index is -3.24. The summed E-state index contributed by atoms with van der Waals surface area (Å²) in [5.74, 6) is -0.409. The van der Waals surface area contributed by atoms with Gasteiger partial charge in [0.05, 0.1) is 24.3 Å². The van der Waals surface area contributed by atoms with Gasteiger partial charge in [0.1, 0.15) is 12.1 Å². The van der Waals surface area contributed by atoms with E-state index in [0.29, 0.717) is 5.75 Å². The Morgan fingerprint density at radius 3 is 2.15 bits per heavy atom. The molecule has 6 heteroatoms. The zero-order valence-corrected chi connectivity index (χ0v) is 17.9. The highest BCUT2D eigenvalue weighted by atomic mass is 31.2. The molecule has 0 N–H and O–H groups in total. The number of para-hydroxylation sites is 1. The second-order valence-corrected chi connectivity index (χ2v) is 10.5. The molecule has 148 valence electrons. The van der Waals surface area contributed by atoms with Crippen molar-refractivity contribution < 1.29 is 23.4 Å². The summed E-state index contributed by atoms with van der Waals surface area (Å²) in [4.78, 5) is 12.1. The lowest BCUT2D eigenvalue weighted by molar-refractivity contribution is -0.151. The number of rotatable bonds is 9. The molecule has 0 radical (unpaired) electrons. The second kappa shape index (κ2) is 9.57. The van der Waals surface area contributed by atoms with Gasteiger partial charge in [0.2, 0.25) is 0 Å². The van der Waals surface area contributed by atoms with Crippen LogP contribution in [0.5, 0.6) is 5.75 Å². The van der Waals surface area contributed by atoms with Crippen molar-refractivity contribution in [3.63, 3.8) is 0 Å². The average Bonchev–Trinajstić information content (AvgIpc) is 2.51. The highest BCUT2D eigenvalue weighted by Gasteiger charge is 2.34. The molecule has 26 heavy (non-hydrogen) atoms. The molecule has 0 saturated carbocycles. The Hall–Kier alpha value is -1.32. The smallest absolute Gasteiger partial charge is 0.309 e. The summed E-state index contributed by atoms with van der Waals surface area (Å²) in [6.07, 6.45) is -0.283. The molecular weight excluding hydrogens is 351 g/mol. The molecule has 5 nitrogen and oxygen atoms in total. The van der Waals surface area contributed by atoms with E-state index in [0.717, 1.165) is 0 Å². The van der Waals surface area contributed by atoms with Gasteiger partial charge in [0, 0.05) is 0 Å². The van der Waals surface area contributed by atoms with Crippen molar-refractivity contribution in [3.05, 3.63) is 30.3 Å². The molecule has 0 heterocycles. The number of carbonyl (C=O) groups is 1. The molecule has 0 aliphatic carbocycles.